The first-order valence-corrected chi connectivity index (χ1v) is 9.12. The molecule has 26 heavy (non-hydrogen) atoms. The van der Waals surface area contributed by atoms with Crippen LogP contribution in [0.15, 0.2) is 49.8 Å². The lowest BCUT2D eigenvalue weighted by Crippen LogP contribution is -2.08. The molecule has 1 heterocycles. The van der Waals surface area contributed by atoms with Crippen LogP contribution >= 0.6 is 31.9 Å². The minimum absolute atomic E-state index is 0.0208. The topological polar surface area (TPSA) is 73.6 Å². The Labute approximate surface area is 165 Å². The molecule has 0 fully saturated rings. The van der Waals surface area contributed by atoms with Crippen molar-refractivity contribution in [3.8, 4) is 5.75 Å². The predicted octanol–water partition coefficient (Wildman–Crippen LogP) is 5.32. The number of para-hydroxylation sites is 1. The maximum Gasteiger partial charge on any atom is 0.308 e. The monoisotopic (exact) mass is 478 g/mol. The molecule has 5 nitrogen and oxygen atoms in total. The van der Waals surface area contributed by atoms with Gasteiger partial charge in [-0.05, 0) is 50.1 Å². The van der Waals surface area contributed by atoms with E-state index < -0.39 is 5.97 Å². The van der Waals surface area contributed by atoms with E-state index in [1.807, 2.05) is 0 Å². The molecule has 0 saturated heterocycles. The first-order valence-electron chi connectivity index (χ1n) is 7.54. The molecule has 0 N–H and O–H groups in total. The molecule has 7 heteroatoms. The summed E-state index contributed by atoms with van der Waals surface area (Å²) in [6.07, 6.45) is 0. The number of hydrogen-bond acceptors (Lipinski definition) is 5. The van der Waals surface area contributed by atoms with Crippen LogP contribution in [0.25, 0.3) is 11.0 Å². The van der Waals surface area contributed by atoms with E-state index in [4.69, 9.17) is 9.15 Å². The van der Waals surface area contributed by atoms with Crippen molar-refractivity contribution >= 4 is 60.4 Å². The van der Waals surface area contributed by atoms with Crippen LogP contribution in [0.4, 0.5) is 0 Å². The second-order valence-corrected chi connectivity index (χ2v) is 7.26. The first-order chi connectivity index (χ1) is 12.3. The number of Topliss-reactive ketones (excluding diaryl/α,β-unsaturated/α-hetero) is 1. The molecule has 0 aliphatic carbocycles. The van der Waals surface area contributed by atoms with Gasteiger partial charge in [0, 0.05) is 24.8 Å². The molecule has 0 radical (unpaired) electrons. The number of furan rings is 1. The Morgan fingerprint density at radius 1 is 1.00 bits per heavy atom. The average Bonchev–Trinajstić information content (AvgIpc) is 2.97. The van der Waals surface area contributed by atoms with Crippen LogP contribution in [0.5, 0.6) is 5.75 Å². The minimum Gasteiger partial charge on any atom is -0.452 e. The lowest BCUT2D eigenvalue weighted by molar-refractivity contribution is -0.131. The third-order valence-corrected chi connectivity index (χ3v) is 4.83. The molecular weight excluding hydrogens is 468 g/mol. The maximum absolute atomic E-state index is 13.1. The molecule has 1 aromatic heterocycles. The second-order valence-electron chi connectivity index (χ2n) is 5.55. The molecule has 0 unspecified atom stereocenters. The van der Waals surface area contributed by atoms with Crippen molar-refractivity contribution < 1.29 is 23.5 Å². The highest BCUT2D eigenvalue weighted by Gasteiger charge is 2.25. The van der Waals surface area contributed by atoms with E-state index in [1.54, 1.807) is 24.3 Å². The summed E-state index contributed by atoms with van der Waals surface area (Å²) in [5, 5.41) is 0.569. The number of rotatable bonds is 4. The van der Waals surface area contributed by atoms with Crippen LogP contribution in [-0.2, 0) is 4.79 Å². The van der Waals surface area contributed by atoms with Crippen molar-refractivity contribution in [2.75, 3.05) is 0 Å². The van der Waals surface area contributed by atoms with Gasteiger partial charge in [-0.15, -0.1) is 0 Å². The van der Waals surface area contributed by atoms with Gasteiger partial charge < -0.3 is 9.15 Å². The van der Waals surface area contributed by atoms with E-state index in [9.17, 15) is 14.4 Å². The van der Waals surface area contributed by atoms with E-state index in [0.29, 0.717) is 25.5 Å². The zero-order valence-corrected chi connectivity index (χ0v) is 16.9. The largest absolute Gasteiger partial charge is 0.452 e. The summed E-state index contributed by atoms with van der Waals surface area (Å²) in [4.78, 5) is 36.3. The fourth-order valence-corrected chi connectivity index (χ4v) is 3.94. The van der Waals surface area contributed by atoms with Gasteiger partial charge in [0.05, 0.1) is 14.5 Å². The number of ketones is 2. The summed E-state index contributed by atoms with van der Waals surface area (Å²) in [6, 6.07) is 10.1. The normalized spacial score (nSPS) is 10.8. The van der Waals surface area contributed by atoms with Crippen LogP contribution in [0.1, 0.15) is 40.3 Å². The van der Waals surface area contributed by atoms with Crippen molar-refractivity contribution in [2.24, 2.45) is 0 Å². The highest BCUT2D eigenvalue weighted by molar-refractivity contribution is 9.11. The SMILES string of the molecule is CC(=O)Oc1c(Br)cc(C(=O)c2c(C(C)=O)oc3ccccc23)cc1Br. The summed E-state index contributed by atoms with van der Waals surface area (Å²) >= 11 is 6.61. The van der Waals surface area contributed by atoms with Gasteiger partial charge in [0.2, 0.25) is 0 Å². The first kappa shape index (κ1) is 18.5. The third-order valence-electron chi connectivity index (χ3n) is 3.65. The van der Waals surface area contributed by atoms with Gasteiger partial charge in [0.25, 0.3) is 0 Å². The van der Waals surface area contributed by atoms with Gasteiger partial charge >= 0.3 is 5.97 Å². The minimum atomic E-state index is -0.481. The fourth-order valence-electron chi connectivity index (χ4n) is 2.60. The molecule has 0 bridgehead atoms. The van der Waals surface area contributed by atoms with Gasteiger partial charge in [0.15, 0.2) is 23.1 Å². The Kier molecular flexibility index (Phi) is 5.11. The van der Waals surface area contributed by atoms with Gasteiger partial charge in [-0.1, -0.05) is 18.2 Å². The van der Waals surface area contributed by atoms with Crippen LogP contribution < -0.4 is 4.74 Å². The zero-order chi connectivity index (χ0) is 19.0. The van der Waals surface area contributed by atoms with E-state index >= 15 is 0 Å². The number of carbonyl (C=O) groups excluding carboxylic acids is 3. The summed E-state index contributed by atoms with van der Waals surface area (Å²) in [7, 11) is 0. The Morgan fingerprint density at radius 3 is 2.19 bits per heavy atom. The number of fused-ring (bicyclic) bond motifs is 1. The molecular formula is C19H12Br2O5. The molecule has 3 rings (SSSR count). The van der Waals surface area contributed by atoms with Gasteiger partial charge in [-0.2, -0.15) is 0 Å². The van der Waals surface area contributed by atoms with Gasteiger partial charge in [-0.25, -0.2) is 0 Å². The number of ether oxygens (including phenoxy) is 1. The Morgan fingerprint density at radius 2 is 1.62 bits per heavy atom. The van der Waals surface area contributed by atoms with Gasteiger partial charge in [0.1, 0.15) is 5.58 Å². The maximum atomic E-state index is 13.1. The lowest BCUT2D eigenvalue weighted by Gasteiger charge is -2.09. The van der Waals surface area contributed by atoms with E-state index in [-0.39, 0.29) is 28.6 Å². The highest BCUT2D eigenvalue weighted by Crippen LogP contribution is 2.37. The van der Waals surface area contributed by atoms with Gasteiger partial charge in [-0.3, -0.25) is 14.4 Å². The van der Waals surface area contributed by atoms with Crippen molar-refractivity contribution in [1.82, 2.24) is 0 Å². The summed E-state index contributed by atoms with van der Waals surface area (Å²) in [5.74, 6) is -0.884. The molecule has 0 aliphatic rings. The van der Waals surface area contributed by atoms with Crippen molar-refractivity contribution in [3.63, 3.8) is 0 Å². The number of halogens is 2. The number of carbonyl (C=O) groups is 3. The summed E-state index contributed by atoms with van der Waals surface area (Å²) in [6.45, 7) is 2.64. The van der Waals surface area contributed by atoms with Crippen LogP contribution in [0.3, 0.4) is 0 Å². The van der Waals surface area contributed by atoms with Crippen LogP contribution in [-0.4, -0.2) is 17.5 Å². The Bertz CT molecular complexity index is 1040. The molecule has 0 amide bonds. The van der Waals surface area contributed by atoms with Crippen LogP contribution in [0.2, 0.25) is 0 Å². The van der Waals surface area contributed by atoms with Crippen molar-refractivity contribution in [2.45, 2.75) is 13.8 Å². The van der Waals surface area contributed by atoms with E-state index in [0.717, 1.165) is 0 Å². The van der Waals surface area contributed by atoms with E-state index in [2.05, 4.69) is 31.9 Å². The predicted molar refractivity (Wildman–Crippen MR) is 103 cm³/mol. The molecule has 2 aromatic carbocycles. The molecule has 0 aliphatic heterocycles. The molecule has 132 valence electrons. The van der Waals surface area contributed by atoms with E-state index in [1.165, 1.54) is 26.0 Å². The summed E-state index contributed by atoms with van der Waals surface area (Å²) in [5.41, 5.74) is 0.997. The fraction of sp³-hybridized carbons (Fsp3) is 0.105. The molecule has 3 aromatic rings. The number of benzene rings is 2. The van der Waals surface area contributed by atoms with Crippen molar-refractivity contribution in [3.05, 3.63) is 62.2 Å². The van der Waals surface area contributed by atoms with Crippen molar-refractivity contribution in [1.29, 1.82) is 0 Å². The highest BCUT2D eigenvalue weighted by atomic mass is 79.9. The quantitative estimate of drug-likeness (QED) is 0.287. The zero-order valence-electron chi connectivity index (χ0n) is 13.8. The average molecular weight is 480 g/mol. The smallest absolute Gasteiger partial charge is 0.308 e. The number of esters is 1. The molecule has 0 spiro atoms. The lowest BCUT2D eigenvalue weighted by atomic mass is 9.99. The third kappa shape index (κ3) is 3.37. The molecule has 0 saturated carbocycles. The second kappa shape index (κ2) is 7.17. The molecule has 0 atom stereocenters. The summed E-state index contributed by atoms with van der Waals surface area (Å²) < 4.78 is 11.6. The Hall–Kier alpha value is -2.25. The number of hydrogen-bond donors (Lipinski definition) is 0. The standard InChI is InChI=1S/C19H12Br2O5/c1-9(22)18-16(12-5-3-4-6-15(12)26-18)17(24)11-7-13(20)19(14(21)8-11)25-10(2)23/h3-8H,1-2H3. The Balaban J connectivity index is 2.16. The van der Waals surface area contributed by atoms with Crippen LogP contribution in [0, 0.1) is 0 Å².